The molecule has 16 heavy (non-hydrogen) atoms. The van der Waals surface area contributed by atoms with Crippen LogP contribution in [0.1, 0.15) is 11.7 Å². The Hall–Kier alpha value is -1.97. The van der Waals surface area contributed by atoms with Gasteiger partial charge in [0, 0.05) is 22.7 Å². The SMILES string of the molecule is [N-]=[N+]=NC1c2cc3ccccc3n2CC1O. The van der Waals surface area contributed by atoms with Gasteiger partial charge in [0.15, 0.2) is 0 Å². The van der Waals surface area contributed by atoms with E-state index in [1.54, 1.807) is 0 Å². The van der Waals surface area contributed by atoms with Crippen LogP contribution in [0.5, 0.6) is 0 Å². The van der Waals surface area contributed by atoms with Gasteiger partial charge in [0.2, 0.25) is 0 Å². The van der Waals surface area contributed by atoms with E-state index in [0.29, 0.717) is 6.54 Å². The predicted molar refractivity (Wildman–Crippen MR) is 59.8 cm³/mol. The van der Waals surface area contributed by atoms with Gasteiger partial charge in [0.1, 0.15) is 6.04 Å². The lowest BCUT2D eigenvalue weighted by atomic mass is 10.1. The molecule has 0 saturated heterocycles. The maximum atomic E-state index is 9.80. The Bertz CT molecular complexity index is 597. The quantitative estimate of drug-likeness (QED) is 0.441. The highest BCUT2D eigenvalue weighted by Gasteiger charge is 2.31. The molecule has 5 heteroatoms. The van der Waals surface area contributed by atoms with Crippen molar-refractivity contribution >= 4 is 10.9 Å². The molecule has 0 bridgehead atoms. The average molecular weight is 214 g/mol. The molecule has 2 unspecified atom stereocenters. The number of fused-ring (bicyclic) bond motifs is 3. The van der Waals surface area contributed by atoms with Crippen LogP contribution in [0.3, 0.4) is 0 Å². The van der Waals surface area contributed by atoms with Crippen LogP contribution >= 0.6 is 0 Å². The molecule has 2 atom stereocenters. The average Bonchev–Trinajstić information content (AvgIpc) is 2.78. The van der Waals surface area contributed by atoms with Crippen LogP contribution in [0.15, 0.2) is 35.4 Å². The van der Waals surface area contributed by atoms with Crippen LogP contribution in [0.2, 0.25) is 0 Å². The zero-order chi connectivity index (χ0) is 11.1. The van der Waals surface area contributed by atoms with E-state index in [1.807, 2.05) is 34.9 Å². The standard InChI is InChI=1S/C11H10N4O/c12-14-13-11-9-5-7-3-1-2-4-8(7)15(9)6-10(11)16/h1-5,10-11,16H,6H2. The predicted octanol–water partition coefficient (Wildman–Crippen LogP) is 2.37. The van der Waals surface area contributed by atoms with E-state index >= 15 is 0 Å². The van der Waals surface area contributed by atoms with E-state index < -0.39 is 12.1 Å². The van der Waals surface area contributed by atoms with Gasteiger partial charge >= 0.3 is 0 Å². The molecule has 2 aromatic rings. The fourth-order valence-electron chi connectivity index (χ4n) is 2.36. The molecule has 1 aromatic carbocycles. The third-order valence-electron chi connectivity index (χ3n) is 3.06. The first-order chi connectivity index (χ1) is 7.81. The third kappa shape index (κ3) is 1.13. The molecule has 5 nitrogen and oxygen atoms in total. The Morgan fingerprint density at radius 3 is 3.06 bits per heavy atom. The molecule has 1 N–H and O–H groups in total. The first-order valence-corrected chi connectivity index (χ1v) is 5.11. The van der Waals surface area contributed by atoms with Crippen molar-refractivity contribution in [3.63, 3.8) is 0 Å². The number of hydrogen-bond donors (Lipinski definition) is 1. The lowest BCUT2D eigenvalue weighted by molar-refractivity contribution is 0.150. The molecule has 1 aliphatic rings. The molecule has 0 radical (unpaired) electrons. The number of aliphatic hydroxyl groups excluding tert-OH is 1. The summed E-state index contributed by atoms with van der Waals surface area (Å²) in [5, 5.41) is 14.6. The van der Waals surface area contributed by atoms with E-state index in [1.165, 1.54) is 0 Å². The van der Waals surface area contributed by atoms with Crippen molar-refractivity contribution in [3.8, 4) is 0 Å². The Kier molecular flexibility index (Phi) is 1.89. The van der Waals surface area contributed by atoms with Gasteiger partial charge in [-0.1, -0.05) is 23.3 Å². The van der Waals surface area contributed by atoms with E-state index in [-0.39, 0.29) is 0 Å². The van der Waals surface area contributed by atoms with E-state index in [9.17, 15) is 5.11 Å². The van der Waals surface area contributed by atoms with Crippen LogP contribution in [0.4, 0.5) is 0 Å². The highest BCUT2D eigenvalue weighted by molar-refractivity contribution is 5.81. The first kappa shape index (κ1) is 9.27. The van der Waals surface area contributed by atoms with Crippen molar-refractivity contribution in [1.29, 1.82) is 0 Å². The van der Waals surface area contributed by atoms with Crippen LogP contribution in [0, 0.1) is 0 Å². The number of hydrogen-bond acceptors (Lipinski definition) is 2. The molecule has 0 amide bonds. The Morgan fingerprint density at radius 2 is 2.25 bits per heavy atom. The van der Waals surface area contributed by atoms with Gasteiger partial charge < -0.3 is 9.67 Å². The number of aliphatic hydroxyl groups is 1. The largest absolute Gasteiger partial charge is 0.390 e. The number of para-hydroxylation sites is 1. The van der Waals surface area contributed by atoms with Crippen molar-refractivity contribution in [2.24, 2.45) is 5.11 Å². The molecule has 0 saturated carbocycles. The summed E-state index contributed by atoms with van der Waals surface area (Å²) in [6.07, 6.45) is -0.615. The van der Waals surface area contributed by atoms with Gasteiger partial charge in [-0.15, -0.1) is 0 Å². The zero-order valence-electron chi connectivity index (χ0n) is 8.48. The number of azide groups is 1. The topological polar surface area (TPSA) is 73.9 Å². The normalized spacial score (nSPS) is 23.1. The van der Waals surface area contributed by atoms with Gasteiger partial charge in [-0.25, -0.2) is 0 Å². The maximum Gasteiger partial charge on any atom is 0.105 e. The first-order valence-electron chi connectivity index (χ1n) is 5.11. The van der Waals surface area contributed by atoms with Gasteiger partial charge in [0.25, 0.3) is 0 Å². The molecule has 1 aliphatic heterocycles. The molecule has 0 spiro atoms. The minimum Gasteiger partial charge on any atom is -0.390 e. The minimum absolute atomic E-state index is 0.461. The van der Waals surface area contributed by atoms with Crippen molar-refractivity contribution in [1.82, 2.24) is 4.57 Å². The highest BCUT2D eigenvalue weighted by Crippen LogP contribution is 2.35. The van der Waals surface area contributed by atoms with E-state index in [0.717, 1.165) is 16.6 Å². The lowest BCUT2D eigenvalue weighted by Gasteiger charge is -2.05. The molecular weight excluding hydrogens is 204 g/mol. The molecule has 1 aromatic heterocycles. The highest BCUT2D eigenvalue weighted by atomic mass is 16.3. The van der Waals surface area contributed by atoms with Crippen LogP contribution in [0.25, 0.3) is 21.3 Å². The Morgan fingerprint density at radius 1 is 1.44 bits per heavy atom. The van der Waals surface area contributed by atoms with Crippen molar-refractivity contribution in [2.75, 3.05) is 0 Å². The molecule has 0 fully saturated rings. The fourth-order valence-corrected chi connectivity index (χ4v) is 2.36. The fraction of sp³-hybridized carbons (Fsp3) is 0.273. The number of nitrogens with zero attached hydrogens (tertiary/aromatic N) is 4. The smallest absolute Gasteiger partial charge is 0.105 e. The molecule has 0 aliphatic carbocycles. The second-order valence-electron chi connectivity index (χ2n) is 3.96. The lowest BCUT2D eigenvalue weighted by Crippen LogP contribution is -2.11. The van der Waals surface area contributed by atoms with Crippen LogP contribution in [-0.4, -0.2) is 15.8 Å². The summed E-state index contributed by atoms with van der Waals surface area (Å²) in [5.74, 6) is 0. The summed E-state index contributed by atoms with van der Waals surface area (Å²) < 4.78 is 2.01. The molecule has 2 heterocycles. The summed E-state index contributed by atoms with van der Waals surface area (Å²) in [6.45, 7) is 0.493. The summed E-state index contributed by atoms with van der Waals surface area (Å²) in [4.78, 5) is 2.79. The second kappa shape index (κ2) is 3.27. The summed E-state index contributed by atoms with van der Waals surface area (Å²) in [6, 6.07) is 9.46. The van der Waals surface area contributed by atoms with Gasteiger partial charge in [0.05, 0.1) is 6.10 Å². The van der Waals surface area contributed by atoms with Crippen LogP contribution in [-0.2, 0) is 6.54 Å². The minimum atomic E-state index is -0.615. The Labute approximate surface area is 91.5 Å². The number of benzene rings is 1. The Balaban J connectivity index is 2.25. The van der Waals surface area contributed by atoms with Gasteiger partial charge in [-0.3, -0.25) is 0 Å². The van der Waals surface area contributed by atoms with E-state index in [4.69, 9.17) is 5.53 Å². The van der Waals surface area contributed by atoms with Crippen molar-refractivity contribution < 1.29 is 5.11 Å². The number of aromatic nitrogens is 1. The van der Waals surface area contributed by atoms with Crippen molar-refractivity contribution in [2.45, 2.75) is 18.7 Å². The number of rotatable bonds is 1. The summed E-state index contributed by atoms with van der Waals surface area (Å²) in [7, 11) is 0. The zero-order valence-corrected chi connectivity index (χ0v) is 8.48. The summed E-state index contributed by atoms with van der Waals surface area (Å²) in [5.41, 5.74) is 10.5. The van der Waals surface area contributed by atoms with Crippen LogP contribution < -0.4 is 0 Å². The summed E-state index contributed by atoms with van der Waals surface area (Å²) >= 11 is 0. The van der Waals surface area contributed by atoms with Gasteiger partial charge in [-0.2, -0.15) is 0 Å². The van der Waals surface area contributed by atoms with Crippen molar-refractivity contribution in [3.05, 3.63) is 46.5 Å². The molecular formula is C11H10N4O. The second-order valence-corrected chi connectivity index (χ2v) is 3.96. The molecule has 3 rings (SSSR count). The third-order valence-corrected chi connectivity index (χ3v) is 3.06. The monoisotopic (exact) mass is 214 g/mol. The molecule has 80 valence electrons. The van der Waals surface area contributed by atoms with Gasteiger partial charge in [-0.05, 0) is 23.1 Å². The van der Waals surface area contributed by atoms with E-state index in [2.05, 4.69) is 10.0 Å². The maximum absolute atomic E-state index is 9.80.